The van der Waals surface area contributed by atoms with Crippen LogP contribution in [-0.2, 0) is 16.8 Å². The van der Waals surface area contributed by atoms with Crippen LogP contribution in [0.15, 0.2) is 54.6 Å². The van der Waals surface area contributed by atoms with Gasteiger partial charge in [-0.25, -0.2) is 0 Å². The van der Waals surface area contributed by atoms with Gasteiger partial charge in [-0.05, 0) is 11.6 Å². The van der Waals surface area contributed by atoms with Crippen LogP contribution >= 0.6 is 0 Å². The Morgan fingerprint density at radius 3 is 2.43 bits per heavy atom. The molecule has 2 aromatic rings. The molecule has 0 spiro atoms. The highest BCUT2D eigenvalue weighted by molar-refractivity contribution is 5.77. The van der Waals surface area contributed by atoms with Crippen molar-refractivity contribution in [3.63, 3.8) is 0 Å². The number of carbonyl (C=O) groups is 1. The summed E-state index contributed by atoms with van der Waals surface area (Å²) in [5.41, 5.74) is 1.69. The van der Waals surface area contributed by atoms with Crippen molar-refractivity contribution >= 4 is 5.91 Å². The van der Waals surface area contributed by atoms with Gasteiger partial charge in [0.1, 0.15) is 5.75 Å². The molecule has 2 N–H and O–H groups in total. The van der Waals surface area contributed by atoms with Crippen molar-refractivity contribution < 1.29 is 14.6 Å². The quantitative estimate of drug-likeness (QED) is 0.826. The first kappa shape index (κ1) is 17.0. The van der Waals surface area contributed by atoms with Gasteiger partial charge in [-0.15, -0.1) is 0 Å². The Kier molecular flexibility index (Phi) is 5.77. The summed E-state index contributed by atoms with van der Waals surface area (Å²) >= 11 is 0. The van der Waals surface area contributed by atoms with Crippen LogP contribution < -0.4 is 10.1 Å². The number of nitrogens with one attached hydrogen (secondary N) is 1. The maximum absolute atomic E-state index is 12.0. The monoisotopic (exact) mass is 313 g/mol. The van der Waals surface area contributed by atoms with Gasteiger partial charge in [-0.2, -0.15) is 0 Å². The fourth-order valence-electron chi connectivity index (χ4n) is 2.28. The molecule has 0 fully saturated rings. The predicted octanol–water partition coefficient (Wildman–Crippen LogP) is 2.65. The van der Waals surface area contributed by atoms with E-state index >= 15 is 0 Å². The van der Waals surface area contributed by atoms with Crippen LogP contribution in [0.1, 0.15) is 25.0 Å². The topological polar surface area (TPSA) is 58.6 Å². The van der Waals surface area contributed by atoms with Crippen molar-refractivity contribution in [1.29, 1.82) is 0 Å². The SMILES string of the molecule is CC(C)(CNC(=O)COc1ccccc1CO)c1ccccc1. The van der Waals surface area contributed by atoms with E-state index in [9.17, 15) is 9.90 Å². The molecule has 2 rings (SSSR count). The Balaban J connectivity index is 1.86. The summed E-state index contributed by atoms with van der Waals surface area (Å²) in [6.07, 6.45) is 0. The Morgan fingerprint density at radius 2 is 1.74 bits per heavy atom. The lowest BCUT2D eigenvalue weighted by atomic mass is 9.84. The van der Waals surface area contributed by atoms with E-state index in [1.165, 1.54) is 5.56 Å². The van der Waals surface area contributed by atoms with E-state index < -0.39 is 0 Å². The minimum Gasteiger partial charge on any atom is -0.483 e. The second-order valence-electron chi connectivity index (χ2n) is 6.08. The summed E-state index contributed by atoms with van der Waals surface area (Å²) in [6, 6.07) is 17.2. The maximum Gasteiger partial charge on any atom is 0.257 e. The minimum absolute atomic E-state index is 0.0676. The highest BCUT2D eigenvalue weighted by atomic mass is 16.5. The van der Waals surface area contributed by atoms with E-state index in [1.54, 1.807) is 12.1 Å². The van der Waals surface area contributed by atoms with E-state index in [2.05, 4.69) is 31.3 Å². The zero-order valence-electron chi connectivity index (χ0n) is 13.6. The van der Waals surface area contributed by atoms with Gasteiger partial charge < -0.3 is 15.2 Å². The summed E-state index contributed by atoms with van der Waals surface area (Å²) in [5.74, 6) is 0.356. The van der Waals surface area contributed by atoms with Crippen molar-refractivity contribution in [3.8, 4) is 5.75 Å². The van der Waals surface area contributed by atoms with Gasteiger partial charge in [0.2, 0.25) is 0 Å². The van der Waals surface area contributed by atoms with Crippen molar-refractivity contribution in [2.24, 2.45) is 0 Å². The summed E-state index contributed by atoms with van der Waals surface area (Å²) in [4.78, 5) is 12.0. The molecule has 122 valence electrons. The highest BCUT2D eigenvalue weighted by Crippen LogP contribution is 2.21. The van der Waals surface area contributed by atoms with Gasteiger partial charge in [0, 0.05) is 17.5 Å². The highest BCUT2D eigenvalue weighted by Gasteiger charge is 2.21. The van der Waals surface area contributed by atoms with Crippen LogP contribution in [0.3, 0.4) is 0 Å². The molecule has 0 saturated heterocycles. The standard InChI is InChI=1S/C19H23NO3/c1-19(2,16-9-4-3-5-10-16)14-20-18(22)13-23-17-11-7-6-8-15(17)12-21/h3-11,21H,12-14H2,1-2H3,(H,20,22). The molecule has 0 radical (unpaired) electrons. The minimum atomic E-state index is -0.179. The van der Waals surface area contributed by atoms with Crippen LogP contribution in [0.2, 0.25) is 0 Å². The molecule has 0 unspecified atom stereocenters. The largest absolute Gasteiger partial charge is 0.483 e. The molecule has 0 atom stereocenters. The molecule has 0 bridgehead atoms. The van der Waals surface area contributed by atoms with Gasteiger partial charge in [0.05, 0.1) is 6.61 Å². The predicted molar refractivity (Wildman–Crippen MR) is 90.3 cm³/mol. The van der Waals surface area contributed by atoms with E-state index in [0.29, 0.717) is 17.9 Å². The molecule has 0 aromatic heterocycles. The first-order valence-corrected chi connectivity index (χ1v) is 7.67. The van der Waals surface area contributed by atoms with Gasteiger partial charge in [0.25, 0.3) is 5.91 Å². The van der Waals surface area contributed by atoms with Gasteiger partial charge in [0.15, 0.2) is 6.61 Å². The zero-order chi connectivity index (χ0) is 16.7. The number of hydrogen-bond donors (Lipinski definition) is 2. The molecule has 23 heavy (non-hydrogen) atoms. The number of benzene rings is 2. The molecular formula is C19H23NO3. The van der Waals surface area contributed by atoms with Crippen molar-refractivity contribution in [1.82, 2.24) is 5.32 Å². The number of aliphatic hydroxyl groups excluding tert-OH is 1. The molecule has 0 aliphatic carbocycles. The number of rotatable bonds is 7. The molecule has 1 amide bonds. The average molecular weight is 313 g/mol. The molecule has 0 saturated carbocycles. The van der Waals surface area contributed by atoms with Gasteiger partial charge in [-0.1, -0.05) is 62.4 Å². The molecule has 0 aliphatic heterocycles. The summed E-state index contributed by atoms with van der Waals surface area (Å²) < 4.78 is 5.49. The van der Waals surface area contributed by atoms with E-state index in [0.717, 1.165) is 0 Å². The van der Waals surface area contributed by atoms with Crippen LogP contribution in [0.5, 0.6) is 5.75 Å². The van der Waals surface area contributed by atoms with Crippen molar-refractivity contribution in [2.75, 3.05) is 13.2 Å². The van der Waals surface area contributed by atoms with Crippen LogP contribution in [0, 0.1) is 0 Å². The van der Waals surface area contributed by atoms with E-state index in [-0.39, 0.29) is 24.5 Å². The smallest absolute Gasteiger partial charge is 0.257 e. The fourth-order valence-corrected chi connectivity index (χ4v) is 2.28. The number of hydrogen-bond acceptors (Lipinski definition) is 3. The van der Waals surface area contributed by atoms with Crippen molar-refractivity contribution in [3.05, 3.63) is 65.7 Å². The molecular weight excluding hydrogens is 290 g/mol. The first-order valence-electron chi connectivity index (χ1n) is 7.67. The molecule has 2 aromatic carbocycles. The number of para-hydroxylation sites is 1. The van der Waals surface area contributed by atoms with E-state index in [4.69, 9.17) is 4.74 Å². The van der Waals surface area contributed by atoms with Gasteiger partial charge >= 0.3 is 0 Å². The summed E-state index contributed by atoms with van der Waals surface area (Å²) in [6.45, 7) is 4.52. The zero-order valence-corrected chi connectivity index (χ0v) is 13.6. The van der Waals surface area contributed by atoms with E-state index in [1.807, 2.05) is 30.3 Å². The number of aliphatic hydroxyl groups is 1. The summed E-state index contributed by atoms with van der Waals surface area (Å²) in [5, 5.41) is 12.1. The second kappa shape index (κ2) is 7.79. The van der Waals surface area contributed by atoms with Crippen molar-refractivity contribution in [2.45, 2.75) is 25.9 Å². The lowest BCUT2D eigenvalue weighted by Gasteiger charge is -2.25. The molecule has 4 nitrogen and oxygen atoms in total. The maximum atomic E-state index is 12.0. The van der Waals surface area contributed by atoms with Crippen LogP contribution in [0.4, 0.5) is 0 Å². The third-order valence-corrected chi connectivity index (χ3v) is 3.78. The second-order valence-corrected chi connectivity index (χ2v) is 6.08. The third kappa shape index (κ3) is 4.83. The number of carbonyl (C=O) groups excluding carboxylic acids is 1. The number of amides is 1. The molecule has 4 heteroatoms. The first-order chi connectivity index (χ1) is 11.0. The fraction of sp³-hybridized carbons (Fsp3) is 0.316. The Bertz CT molecular complexity index is 638. The van der Waals surface area contributed by atoms with Gasteiger partial charge in [-0.3, -0.25) is 4.79 Å². The molecule has 0 heterocycles. The lowest BCUT2D eigenvalue weighted by molar-refractivity contribution is -0.123. The summed E-state index contributed by atoms with van der Waals surface area (Å²) in [7, 11) is 0. The average Bonchev–Trinajstić information content (AvgIpc) is 2.59. The Labute approximate surface area is 137 Å². The Hall–Kier alpha value is -2.33. The molecule has 0 aliphatic rings. The third-order valence-electron chi connectivity index (χ3n) is 3.78. The lowest BCUT2D eigenvalue weighted by Crippen LogP contribution is -2.38. The van der Waals surface area contributed by atoms with Crippen LogP contribution in [0.25, 0.3) is 0 Å². The normalized spacial score (nSPS) is 11.1. The Morgan fingerprint density at radius 1 is 1.09 bits per heavy atom. The number of ether oxygens (including phenoxy) is 1. The van der Waals surface area contributed by atoms with Crippen LogP contribution in [-0.4, -0.2) is 24.2 Å².